The monoisotopic (exact) mass is 317 g/mol. The summed E-state index contributed by atoms with van der Waals surface area (Å²) in [7, 11) is 0. The highest BCUT2D eigenvalue weighted by atomic mass is 16.5. The molecule has 1 atom stereocenters. The number of rotatable bonds is 8. The Morgan fingerprint density at radius 1 is 1.39 bits per heavy atom. The number of hydrogen-bond donors (Lipinski definition) is 3. The van der Waals surface area contributed by atoms with Crippen molar-refractivity contribution < 1.29 is 19.4 Å². The number of aliphatic carboxylic acids is 1. The Kier molecular flexibility index (Phi) is 5.74. The molecule has 0 fully saturated rings. The maximum absolute atomic E-state index is 11.9. The van der Waals surface area contributed by atoms with Crippen LogP contribution >= 0.6 is 0 Å². The number of hydrogen-bond acceptors (Lipinski definition) is 4. The molecule has 0 spiro atoms. The number of aryl methyl sites for hydroxylation is 1. The van der Waals surface area contributed by atoms with Gasteiger partial charge < -0.3 is 20.1 Å². The van der Waals surface area contributed by atoms with Crippen molar-refractivity contribution in [3.63, 3.8) is 0 Å². The van der Waals surface area contributed by atoms with Crippen molar-refractivity contribution in [1.82, 2.24) is 15.3 Å². The first-order valence-corrected chi connectivity index (χ1v) is 7.24. The average Bonchev–Trinajstić information content (AvgIpc) is 3.01. The van der Waals surface area contributed by atoms with Crippen LogP contribution in [0.3, 0.4) is 0 Å². The zero-order valence-electron chi connectivity index (χ0n) is 12.8. The highest BCUT2D eigenvalue weighted by molar-refractivity contribution is 5.83. The Morgan fingerprint density at radius 2 is 2.17 bits per heavy atom. The van der Waals surface area contributed by atoms with Crippen molar-refractivity contribution in [2.24, 2.45) is 0 Å². The molecule has 3 N–H and O–H groups in total. The maximum atomic E-state index is 11.9. The molecule has 1 heterocycles. The first kappa shape index (κ1) is 16.5. The van der Waals surface area contributed by atoms with Gasteiger partial charge in [0.05, 0.1) is 19.4 Å². The van der Waals surface area contributed by atoms with Gasteiger partial charge in [-0.05, 0) is 18.6 Å². The molecule has 0 saturated carbocycles. The van der Waals surface area contributed by atoms with E-state index in [-0.39, 0.29) is 25.4 Å². The number of carbonyl (C=O) groups is 2. The second-order valence-corrected chi connectivity index (χ2v) is 5.10. The molecule has 1 aromatic carbocycles. The van der Waals surface area contributed by atoms with Gasteiger partial charge in [0.15, 0.2) is 0 Å². The van der Waals surface area contributed by atoms with E-state index in [0.29, 0.717) is 11.4 Å². The van der Waals surface area contributed by atoms with Crippen LogP contribution in [0, 0.1) is 6.92 Å². The lowest BCUT2D eigenvalue weighted by atomic mass is 10.1. The van der Waals surface area contributed by atoms with Crippen molar-refractivity contribution in [2.75, 3.05) is 6.61 Å². The van der Waals surface area contributed by atoms with Crippen LogP contribution in [0.15, 0.2) is 36.8 Å². The van der Waals surface area contributed by atoms with E-state index in [4.69, 9.17) is 4.74 Å². The topological polar surface area (TPSA) is 104 Å². The Bertz CT molecular complexity index is 655. The molecule has 0 radical (unpaired) electrons. The summed E-state index contributed by atoms with van der Waals surface area (Å²) in [5.74, 6) is -0.745. The normalized spacial score (nSPS) is 11.7. The number of nitrogens with zero attached hydrogens (tertiary/aromatic N) is 1. The van der Waals surface area contributed by atoms with Crippen molar-refractivity contribution >= 4 is 11.9 Å². The third-order valence-corrected chi connectivity index (χ3v) is 3.29. The predicted octanol–water partition coefficient (Wildman–Crippen LogP) is 1.30. The number of para-hydroxylation sites is 1. The van der Waals surface area contributed by atoms with E-state index in [1.807, 2.05) is 31.2 Å². The van der Waals surface area contributed by atoms with Crippen LogP contribution in [0.2, 0.25) is 0 Å². The van der Waals surface area contributed by atoms with Crippen molar-refractivity contribution in [3.8, 4) is 5.75 Å². The number of ether oxygens (including phenoxy) is 1. The van der Waals surface area contributed by atoms with Crippen molar-refractivity contribution in [3.05, 3.63) is 48.0 Å². The number of nitrogens with one attached hydrogen (secondary N) is 2. The molecule has 23 heavy (non-hydrogen) atoms. The molecule has 0 aliphatic carbocycles. The molecule has 0 saturated heterocycles. The van der Waals surface area contributed by atoms with Gasteiger partial charge in [0.2, 0.25) is 5.91 Å². The molecule has 0 aliphatic heterocycles. The molecular formula is C16H19N3O4. The van der Waals surface area contributed by atoms with E-state index >= 15 is 0 Å². The summed E-state index contributed by atoms with van der Waals surface area (Å²) in [5, 5.41) is 11.7. The number of aromatic nitrogens is 2. The standard InChI is InChI=1S/C16H19N3O4/c1-11-4-2-3-5-14(11)23-7-6-15(20)19-13(16(21)22)8-12-9-17-10-18-12/h2-5,9-10,13H,6-8H2,1H3,(H,17,18)(H,19,20)(H,21,22)/t13-/m0/s1. The van der Waals surface area contributed by atoms with Crippen molar-refractivity contribution in [1.29, 1.82) is 0 Å². The molecule has 0 unspecified atom stereocenters. The van der Waals surface area contributed by atoms with Gasteiger partial charge in [-0.2, -0.15) is 0 Å². The smallest absolute Gasteiger partial charge is 0.326 e. The Morgan fingerprint density at radius 3 is 2.83 bits per heavy atom. The summed E-state index contributed by atoms with van der Waals surface area (Å²) in [6.07, 6.45) is 3.23. The first-order valence-electron chi connectivity index (χ1n) is 7.24. The van der Waals surface area contributed by atoms with E-state index < -0.39 is 12.0 Å². The summed E-state index contributed by atoms with van der Waals surface area (Å²) < 4.78 is 5.53. The number of carboxylic acid groups (broad SMARTS) is 1. The lowest BCUT2D eigenvalue weighted by Gasteiger charge is -2.14. The number of carboxylic acids is 1. The van der Waals surface area contributed by atoms with Gasteiger partial charge >= 0.3 is 5.97 Å². The summed E-state index contributed by atoms with van der Waals surface area (Å²) >= 11 is 0. The molecule has 2 aromatic rings. The van der Waals surface area contributed by atoms with Gasteiger partial charge in [-0.15, -0.1) is 0 Å². The van der Waals surface area contributed by atoms with E-state index in [0.717, 1.165) is 5.56 Å². The molecular weight excluding hydrogens is 298 g/mol. The number of aromatic amines is 1. The third kappa shape index (κ3) is 5.14. The molecule has 0 aliphatic rings. The molecule has 7 heteroatoms. The fourth-order valence-electron chi connectivity index (χ4n) is 2.05. The number of benzene rings is 1. The summed E-state index contributed by atoms with van der Waals surface area (Å²) in [6, 6.07) is 6.50. The summed E-state index contributed by atoms with van der Waals surface area (Å²) in [6.45, 7) is 2.10. The fourth-order valence-corrected chi connectivity index (χ4v) is 2.05. The van der Waals surface area contributed by atoms with Gasteiger partial charge in [0, 0.05) is 18.3 Å². The molecule has 7 nitrogen and oxygen atoms in total. The minimum atomic E-state index is -1.09. The molecule has 1 amide bonds. The summed E-state index contributed by atoms with van der Waals surface area (Å²) in [5.41, 5.74) is 1.63. The van der Waals surface area contributed by atoms with Crippen LogP contribution in [0.4, 0.5) is 0 Å². The Hall–Kier alpha value is -2.83. The molecule has 1 aromatic heterocycles. The zero-order chi connectivity index (χ0) is 16.7. The van der Waals surface area contributed by atoms with Crippen LogP contribution in [0.1, 0.15) is 17.7 Å². The van der Waals surface area contributed by atoms with Gasteiger partial charge in [-0.25, -0.2) is 9.78 Å². The minimum absolute atomic E-state index is 0.0844. The highest BCUT2D eigenvalue weighted by Gasteiger charge is 2.20. The zero-order valence-corrected chi connectivity index (χ0v) is 12.8. The van der Waals surface area contributed by atoms with Gasteiger partial charge in [0.25, 0.3) is 0 Å². The van der Waals surface area contributed by atoms with Gasteiger partial charge in [-0.1, -0.05) is 18.2 Å². The second kappa shape index (κ2) is 7.98. The van der Waals surface area contributed by atoms with Gasteiger partial charge in [-0.3, -0.25) is 4.79 Å². The molecule has 2 rings (SSSR count). The largest absolute Gasteiger partial charge is 0.493 e. The minimum Gasteiger partial charge on any atom is -0.493 e. The predicted molar refractivity (Wildman–Crippen MR) is 83.1 cm³/mol. The SMILES string of the molecule is Cc1ccccc1OCCC(=O)N[C@@H](Cc1cnc[nH]1)C(=O)O. The van der Waals surface area contributed by atoms with Crippen LogP contribution in [-0.2, 0) is 16.0 Å². The average molecular weight is 317 g/mol. The lowest BCUT2D eigenvalue weighted by molar-refractivity contribution is -0.141. The van der Waals surface area contributed by atoms with E-state index in [1.165, 1.54) is 12.5 Å². The Balaban J connectivity index is 1.80. The second-order valence-electron chi connectivity index (χ2n) is 5.10. The van der Waals surface area contributed by atoms with Crippen molar-refractivity contribution in [2.45, 2.75) is 25.8 Å². The van der Waals surface area contributed by atoms with Crippen LogP contribution in [0.5, 0.6) is 5.75 Å². The van der Waals surface area contributed by atoms with E-state index in [9.17, 15) is 14.7 Å². The first-order chi connectivity index (χ1) is 11.1. The van der Waals surface area contributed by atoms with Crippen LogP contribution in [0.25, 0.3) is 0 Å². The number of imidazole rings is 1. The highest BCUT2D eigenvalue weighted by Crippen LogP contribution is 2.16. The van der Waals surface area contributed by atoms with E-state index in [1.54, 1.807) is 0 Å². The maximum Gasteiger partial charge on any atom is 0.326 e. The number of carbonyl (C=O) groups excluding carboxylic acids is 1. The van der Waals surface area contributed by atoms with E-state index in [2.05, 4.69) is 15.3 Å². The summed E-state index contributed by atoms with van der Waals surface area (Å²) in [4.78, 5) is 29.7. The lowest BCUT2D eigenvalue weighted by Crippen LogP contribution is -2.42. The van der Waals surface area contributed by atoms with Gasteiger partial charge in [0.1, 0.15) is 11.8 Å². The van der Waals surface area contributed by atoms with Crippen LogP contribution < -0.4 is 10.1 Å². The van der Waals surface area contributed by atoms with Crippen LogP contribution in [-0.4, -0.2) is 39.6 Å². The number of amides is 1. The molecule has 0 bridgehead atoms. The molecule has 122 valence electrons. The quantitative estimate of drug-likeness (QED) is 0.681. The third-order valence-electron chi connectivity index (χ3n) is 3.29. The number of H-pyrrole nitrogens is 1. The Labute approximate surface area is 133 Å². The fraction of sp³-hybridized carbons (Fsp3) is 0.312.